The number of carbonyl (C=O) groups is 2. The van der Waals surface area contributed by atoms with Gasteiger partial charge in [0.15, 0.2) is 6.10 Å². The topological polar surface area (TPSA) is 56.3 Å². The minimum atomic E-state index is -1.13. The van der Waals surface area contributed by atoms with Gasteiger partial charge in [0, 0.05) is 27.1 Å². The number of nitrogens with zero attached hydrogens (tertiary/aromatic N) is 1. The first kappa shape index (κ1) is 23.5. The second kappa shape index (κ2) is 10.1. The van der Waals surface area contributed by atoms with E-state index in [1.807, 2.05) is 61.5 Å². The lowest BCUT2D eigenvalue weighted by atomic mass is 9.99. The predicted octanol–water partition coefficient (Wildman–Crippen LogP) is 7.64. The number of halogens is 1. The van der Waals surface area contributed by atoms with Gasteiger partial charge in [-0.1, -0.05) is 102 Å². The third-order valence-electron chi connectivity index (χ3n) is 5.98. The Kier molecular flexibility index (Phi) is 6.61. The second-order valence-electron chi connectivity index (χ2n) is 8.51. The fourth-order valence-corrected chi connectivity index (χ4v) is 4.18. The van der Waals surface area contributed by atoms with Crippen LogP contribution in [0.25, 0.3) is 22.2 Å². The van der Waals surface area contributed by atoms with E-state index in [0.29, 0.717) is 38.3 Å². The van der Waals surface area contributed by atoms with Crippen molar-refractivity contribution < 1.29 is 14.3 Å². The summed E-state index contributed by atoms with van der Waals surface area (Å²) >= 11 is 6.07. The molecule has 4 nitrogen and oxygen atoms in total. The number of hydrogen-bond acceptors (Lipinski definition) is 4. The molecule has 5 rings (SSSR count). The molecule has 4 aromatic carbocycles. The van der Waals surface area contributed by atoms with Crippen molar-refractivity contribution in [1.82, 2.24) is 4.98 Å². The molecule has 0 unspecified atom stereocenters. The Bertz CT molecular complexity index is 1550. The van der Waals surface area contributed by atoms with Crippen molar-refractivity contribution in [2.24, 2.45) is 0 Å². The van der Waals surface area contributed by atoms with Crippen molar-refractivity contribution in [3.63, 3.8) is 0 Å². The highest BCUT2D eigenvalue weighted by Gasteiger charge is 2.28. The molecule has 0 radical (unpaired) electrons. The lowest BCUT2D eigenvalue weighted by molar-refractivity contribution is 0.0282. The number of ether oxygens (including phenoxy) is 1. The zero-order chi connectivity index (χ0) is 25.1. The lowest BCUT2D eigenvalue weighted by Gasteiger charge is -2.19. The largest absolute Gasteiger partial charge is 0.445 e. The molecule has 0 N–H and O–H groups in total. The van der Waals surface area contributed by atoms with Gasteiger partial charge in [-0.25, -0.2) is 9.78 Å². The minimum Gasteiger partial charge on any atom is -0.445 e. The van der Waals surface area contributed by atoms with Crippen LogP contribution in [0.3, 0.4) is 0 Å². The zero-order valence-corrected chi connectivity index (χ0v) is 20.3. The number of rotatable bonds is 6. The summed E-state index contributed by atoms with van der Waals surface area (Å²) < 4.78 is 5.94. The molecule has 36 heavy (non-hydrogen) atoms. The molecule has 5 heteroatoms. The minimum absolute atomic E-state index is 0.316. The molecule has 0 fully saturated rings. The summed E-state index contributed by atoms with van der Waals surface area (Å²) in [5, 5.41) is 1.18. The van der Waals surface area contributed by atoms with E-state index in [0.717, 1.165) is 11.1 Å². The number of benzene rings is 4. The first-order valence-electron chi connectivity index (χ1n) is 11.5. The number of aromatic nitrogens is 1. The van der Waals surface area contributed by atoms with Gasteiger partial charge in [0.2, 0.25) is 5.78 Å². The SMILES string of the molecule is Cc1ccc(-c2cc(C(=O)O[C@H](C(=O)c3ccccc3)c3ccc(Cl)cc3)c3ccccc3n2)cc1. The van der Waals surface area contributed by atoms with E-state index in [9.17, 15) is 9.59 Å². The van der Waals surface area contributed by atoms with Gasteiger partial charge >= 0.3 is 5.97 Å². The summed E-state index contributed by atoms with van der Waals surface area (Å²) in [6, 6.07) is 32.6. The molecule has 176 valence electrons. The van der Waals surface area contributed by atoms with Crippen LogP contribution < -0.4 is 0 Å². The van der Waals surface area contributed by atoms with Crippen molar-refractivity contribution in [2.75, 3.05) is 0 Å². The lowest BCUT2D eigenvalue weighted by Crippen LogP contribution is -2.20. The van der Waals surface area contributed by atoms with Gasteiger partial charge in [0.1, 0.15) is 0 Å². The first-order chi connectivity index (χ1) is 17.5. The molecule has 0 aliphatic carbocycles. The van der Waals surface area contributed by atoms with E-state index < -0.39 is 12.1 Å². The van der Waals surface area contributed by atoms with Crippen LogP contribution in [0.5, 0.6) is 0 Å². The van der Waals surface area contributed by atoms with Gasteiger partial charge < -0.3 is 4.74 Å². The normalized spacial score (nSPS) is 11.7. The molecule has 0 bridgehead atoms. The van der Waals surface area contributed by atoms with Crippen molar-refractivity contribution >= 4 is 34.3 Å². The summed E-state index contributed by atoms with van der Waals surface area (Å²) in [5.41, 5.74) is 4.66. The maximum absolute atomic E-state index is 13.7. The fourth-order valence-electron chi connectivity index (χ4n) is 4.05. The number of carbonyl (C=O) groups excluding carboxylic acids is 2. The Morgan fingerprint density at radius 2 is 1.47 bits per heavy atom. The van der Waals surface area contributed by atoms with E-state index in [1.165, 1.54) is 0 Å². The monoisotopic (exact) mass is 491 g/mol. The highest BCUT2D eigenvalue weighted by molar-refractivity contribution is 6.30. The molecule has 1 atom stereocenters. The van der Waals surface area contributed by atoms with Crippen molar-refractivity contribution in [1.29, 1.82) is 0 Å². The van der Waals surface area contributed by atoms with Crippen molar-refractivity contribution in [3.05, 3.63) is 136 Å². The van der Waals surface area contributed by atoms with Crippen LogP contribution in [0.15, 0.2) is 109 Å². The molecule has 0 spiro atoms. The number of pyridine rings is 1. The third-order valence-corrected chi connectivity index (χ3v) is 6.23. The second-order valence-corrected chi connectivity index (χ2v) is 8.94. The molecule has 0 saturated heterocycles. The smallest absolute Gasteiger partial charge is 0.339 e. The molecular weight excluding hydrogens is 470 g/mol. The molecule has 1 heterocycles. The highest BCUT2D eigenvalue weighted by atomic mass is 35.5. The number of esters is 1. The van der Waals surface area contributed by atoms with Gasteiger partial charge in [-0.3, -0.25) is 4.79 Å². The summed E-state index contributed by atoms with van der Waals surface area (Å²) in [6.07, 6.45) is -1.13. The number of aryl methyl sites for hydroxylation is 1. The van der Waals surface area contributed by atoms with Crippen LogP contribution in [0.2, 0.25) is 5.02 Å². The van der Waals surface area contributed by atoms with E-state index in [2.05, 4.69) is 0 Å². The van der Waals surface area contributed by atoms with Crippen LogP contribution in [0.4, 0.5) is 0 Å². The fraction of sp³-hybridized carbons (Fsp3) is 0.0645. The van der Waals surface area contributed by atoms with E-state index in [4.69, 9.17) is 21.3 Å². The average Bonchev–Trinajstić information content (AvgIpc) is 2.92. The summed E-state index contributed by atoms with van der Waals surface area (Å²) in [5.74, 6) is -0.922. The Labute approximate surface area is 214 Å². The number of Topliss-reactive ketones (excluding diaryl/α,β-unsaturated/α-hetero) is 1. The Morgan fingerprint density at radius 1 is 0.806 bits per heavy atom. The Balaban J connectivity index is 1.57. The predicted molar refractivity (Wildman–Crippen MR) is 142 cm³/mol. The summed E-state index contributed by atoms with van der Waals surface area (Å²) in [7, 11) is 0. The molecule has 0 saturated carbocycles. The van der Waals surface area contributed by atoms with Crippen LogP contribution in [-0.2, 0) is 4.74 Å². The van der Waals surface area contributed by atoms with E-state index in [-0.39, 0.29) is 5.78 Å². The average molecular weight is 492 g/mol. The molecule has 0 aliphatic heterocycles. The Hall–Kier alpha value is -4.28. The van der Waals surface area contributed by atoms with Crippen molar-refractivity contribution in [3.8, 4) is 11.3 Å². The summed E-state index contributed by atoms with van der Waals surface area (Å²) in [6.45, 7) is 2.01. The van der Waals surface area contributed by atoms with Gasteiger partial charge in [0.25, 0.3) is 0 Å². The van der Waals surface area contributed by atoms with Gasteiger partial charge in [-0.05, 0) is 31.2 Å². The van der Waals surface area contributed by atoms with Gasteiger partial charge in [0.05, 0.1) is 16.8 Å². The Morgan fingerprint density at radius 3 is 2.19 bits per heavy atom. The van der Waals surface area contributed by atoms with Crippen LogP contribution >= 0.6 is 11.6 Å². The van der Waals surface area contributed by atoms with Gasteiger partial charge in [-0.2, -0.15) is 0 Å². The zero-order valence-electron chi connectivity index (χ0n) is 19.5. The molecule has 0 amide bonds. The van der Waals surface area contributed by atoms with Crippen LogP contribution in [0.1, 0.15) is 37.9 Å². The van der Waals surface area contributed by atoms with Crippen molar-refractivity contribution in [2.45, 2.75) is 13.0 Å². The van der Waals surface area contributed by atoms with Crippen LogP contribution in [-0.4, -0.2) is 16.7 Å². The quantitative estimate of drug-likeness (QED) is 0.181. The maximum Gasteiger partial charge on any atom is 0.339 e. The molecule has 0 aliphatic rings. The van der Waals surface area contributed by atoms with Crippen LogP contribution in [0, 0.1) is 6.92 Å². The number of hydrogen-bond donors (Lipinski definition) is 0. The third kappa shape index (κ3) is 4.90. The number of ketones is 1. The summed E-state index contributed by atoms with van der Waals surface area (Å²) in [4.78, 5) is 31.9. The van der Waals surface area contributed by atoms with Gasteiger partial charge in [-0.15, -0.1) is 0 Å². The molecule has 5 aromatic rings. The molecule has 1 aromatic heterocycles. The molecular formula is C31H22ClNO3. The van der Waals surface area contributed by atoms with E-state index in [1.54, 1.807) is 54.6 Å². The number of fused-ring (bicyclic) bond motifs is 1. The maximum atomic E-state index is 13.7. The van der Waals surface area contributed by atoms with E-state index >= 15 is 0 Å². The number of para-hydroxylation sites is 1. The highest BCUT2D eigenvalue weighted by Crippen LogP contribution is 2.29. The standard InChI is InChI=1S/C31H22ClNO3/c1-20-11-13-21(14-12-20)28-19-26(25-9-5-6-10-27(25)33-28)31(35)36-30(23-15-17-24(32)18-16-23)29(34)22-7-3-2-4-8-22/h2-19,30H,1H3/t30-/m0/s1. The first-order valence-corrected chi connectivity index (χ1v) is 11.9.